The summed E-state index contributed by atoms with van der Waals surface area (Å²) < 4.78 is 0. The minimum Gasteiger partial charge on any atom is -0.329 e. The molecule has 3 heterocycles. The molecule has 1 N–H and O–H groups in total. The van der Waals surface area contributed by atoms with E-state index in [1.54, 1.807) is 12.5 Å². The summed E-state index contributed by atoms with van der Waals surface area (Å²) in [5, 5.41) is 0.179. The van der Waals surface area contributed by atoms with Crippen molar-refractivity contribution < 1.29 is 0 Å². The number of hydrogen-bond acceptors (Lipinski definition) is 5. The van der Waals surface area contributed by atoms with Gasteiger partial charge in [0.05, 0.1) is 12.0 Å². The molecular formula is C17H13ClN6. The third-order valence-electron chi connectivity index (χ3n) is 3.77. The van der Waals surface area contributed by atoms with Gasteiger partial charge in [-0.25, -0.2) is 4.98 Å². The summed E-state index contributed by atoms with van der Waals surface area (Å²) >= 11 is 6.01. The number of anilines is 2. The van der Waals surface area contributed by atoms with Gasteiger partial charge in [0.2, 0.25) is 5.28 Å². The number of fused-ring (bicyclic) bond motifs is 1. The number of benzene rings is 1. The van der Waals surface area contributed by atoms with Crippen LogP contribution in [0.1, 0.15) is 0 Å². The predicted molar refractivity (Wildman–Crippen MR) is 94.4 cm³/mol. The van der Waals surface area contributed by atoms with Gasteiger partial charge >= 0.3 is 0 Å². The van der Waals surface area contributed by atoms with Gasteiger partial charge in [0, 0.05) is 24.5 Å². The topological polar surface area (TPSA) is 70.6 Å². The molecule has 4 aromatic rings. The van der Waals surface area contributed by atoms with E-state index in [9.17, 15) is 0 Å². The van der Waals surface area contributed by atoms with Crippen LogP contribution >= 0.6 is 11.6 Å². The first-order valence-corrected chi connectivity index (χ1v) is 7.72. The monoisotopic (exact) mass is 336 g/mol. The Balaban J connectivity index is 1.71. The van der Waals surface area contributed by atoms with Crippen molar-refractivity contribution in [2.24, 2.45) is 0 Å². The maximum atomic E-state index is 6.01. The maximum Gasteiger partial charge on any atom is 0.226 e. The second kappa shape index (κ2) is 5.90. The van der Waals surface area contributed by atoms with E-state index in [-0.39, 0.29) is 5.28 Å². The van der Waals surface area contributed by atoms with Gasteiger partial charge in [-0.05, 0) is 35.9 Å². The maximum absolute atomic E-state index is 6.01. The van der Waals surface area contributed by atoms with Crippen molar-refractivity contribution in [1.82, 2.24) is 24.9 Å². The van der Waals surface area contributed by atoms with Crippen LogP contribution < -0.4 is 4.90 Å². The minimum absolute atomic E-state index is 0.179. The molecule has 0 aliphatic carbocycles. The zero-order chi connectivity index (χ0) is 16.5. The average molecular weight is 337 g/mol. The number of imidazole rings is 1. The normalized spacial score (nSPS) is 10.9. The molecule has 0 amide bonds. The van der Waals surface area contributed by atoms with Gasteiger partial charge in [-0.15, -0.1) is 0 Å². The molecule has 0 spiro atoms. The van der Waals surface area contributed by atoms with Crippen LogP contribution in [0.2, 0.25) is 5.28 Å². The summed E-state index contributed by atoms with van der Waals surface area (Å²) in [6.45, 7) is 0. The lowest BCUT2D eigenvalue weighted by atomic mass is 10.1. The summed E-state index contributed by atoms with van der Waals surface area (Å²) in [5.74, 6) is 0.650. The Morgan fingerprint density at radius 2 is 1.83 bits per heavy atom. The number of halogens is 1. The highest BCUT2D eigenvalue weighted by Gasteiger charge is 2.14. The number of nitrogens with zero attached hydrogens (tertiary/aromatic N) is 5. The Kier molecular flexibility index (Phi) is 3.59. The van der Waals surface area contributed by atoms with Crippen LogP contribution in [0.4, 0.5) is 11.5 Å². The highest BCUT2D eigenvalue weighted by molar-refractivity contribution is 6.28. The second-order valence-corrected chi connectivity index (χ2v) is 5.57. The number of rotatable bonds is 3. The average Bonchev–Trinajstić information content (AvgIpc) is 3.09. The third kappa shape index (κ3) is 2.57. The largest absolute Gasteiger partial charge is 0.329 e. The minimum atomic E-state index is 0.179. The van der Waals surface area contributed by atoms with Crippen molar-refractivity contribution in [3.63, 3.8) is 0 Å². The van der Waals surface area contributed by atoms with Gasteiger partial charge in [-0.2, -0.15) is 9.97 Å². The van der Waals surface area contributed by atoms with Crippen molar-refractivity contribution in [3.8, 4) is 11.3 Å². The number of nitrogens with one attached hydrogen (secondary N) is 1. The molecule has 0 aliphatic heterocycles. The summed E-state index contributed by atoms with van der Waals surface area (Å²) in [5.41, 5.74) is 4.25. The lowest BCUT2D eigenvalue weighted by Crippen LogP contribution is -2.12. The van der Waals surface area contributed by atoms with Crippen LogP contribution in [0.5, 0.6) is 0 Å². The Morgan fingerprint density at radius 3 is 2.58 bits per heavy atom. The molecule has 0 unspecified atom stereocenters. The third-order valence-corrected chi connectivity index (χ3v) is 3.94. The van der Waals surface area contributed by atoms with Gasteiger partial charge in [0.25, 0.3) is 0 Å². The number of hydrogen-bond donors (Lipinski definition) is 1. The molecule has 7 heteroatoms. The molecule has 118 valence electrons. The molecule has 0 atom stereocenters. The van der Waals surface area contributed by atoms with Crippen LogP contribution in [0.3, 0.4) is 0 Å². The van der Waals surface area contributed by atoms with Crippen molar-refractivity contribution in [2.45, 2.75) is 0 Å². The van der Waals surface area contributed by atoms with Crippen molar-refractivity contribution >= 4 is 34.3 Å². The lowest BCUT2D eigenvalue weighted by molar-refractivity contribution is 1.10. The molecule has 4 rings (SSSR count). The first-order chi connectivity index (χ1) is 11.7. The van der Waals surface area contributed by atoms with Crippen molar-refractivity contribution in [1.29, 1.82) is 0 Å². The van der Waals surface area contributed by atoms with Crippen LogP contribution in [-0.4, -0.2) is 32.0 Å². The molecular weight excluding hydrogens is 324 g/mol. The molecule has 0 saturated carbocycles. The zero-order valence-corrected chi connectivity index (χ0v) is 13.6. The van der Waals surface area contributed by atoms with E-state index >= 15 is 0 Å². The number of aromatic nitrogens is 5. The van der Waals surface area contributed by atoms with Crippen LogP contribution in [0.25, 0.3) is 22.4 Å². The van der Waals surface area contributed by atoms with Crippen LogP contribution in [0.15, 0.2) is 55.0 Å². The summed E-state index contributed by atoms with van der Waals surface area (Å²) in [6.07, 6.45) is 3.36. The van der Waals surface area contributed by atoms with Gasteiger partial charge in [-0.3, -0.25) is 4.98 Å². The molecule has 0 bridgehead atoms. The fourth-order valence-corrected chi connectivity index (χ4v) is 2.70. The van der Waals surface area contributed by atoms with Crippen molar-refractivity contribution in [2.75, 3.05) is 11.9 Å². The smallest absolute Gasteiger partial charge is 0.226 e. The van der Waals surface area contributed by atoms with E-state index in [2.05, 4.69) is 24.9 Å². The summed E-state index contributed by atoms with van der Waals surface area (Å²) in [7, 11) is 1.92. The Labute approximate surface area is 143 Å². The fourth-order valence-electron chi connectivity index (χ4n) is 2.54. The first-order valence-electron chi connectivity index (χ1n) is 7.34. The van der Waals surface area contributed by atoms with E-state index in [0.717, 1.165) is 16.9 Å². The predicted octanol–water partition coefficient (Wildman–Crippen LogP) is 3.84. The second-order valence-electron chi connectivity index (χ2n) is 5.24. The van der Waals surface area contributed by atoms with Gasteiger partial charge in [0.15, 0.2) is 17.0 Å². The standard InChI is InChI=1S/C17H13ClN6/c1-24(16-14-15(21-10-20-14)22-17(18)23-16)12-7-5-11(6-8-12)13-4-2-3-9-19-13/h2-10H,1H3,(H,20,21,22,23). The highest BCUT2D eigenvalue weighted by atomic mass is 35.5. The first kappa shape index (κ1) is 14.6. The lowest BCUT2D eigenvalue weighted by Gasteiger charge is -2.19. The Bertz CT molecular complexity index is 981. The molecule has 3 aromatic heterocycles. The van der Waals surface area contributed by atoms with Crippen molar-refractivity contribution in [3.05, 3.63) is 60.3 Å². The van der Waals surface area contributed by atoms with Crippen LogP contribution in [0, 0.1) is 0 Å². The molecule has 0 saturated heterocycles. The van der Waals surface area contributed by atoms with E-state index in [1.807, 2.05) is 54.4 Å². The molecule has 1 aromatic carbocycles. The quantitative estimate of drug-likeness (QED) is 0.576. The molecule has 0 fully saturated rings. The van der Waals surface area contributed by atoms with E-state index in [4.69, 9.17) is 11.6 Å². The summed E-state index contributed by atoms with van der Waals surface area (Å²) in [4.78, 5) is 22.0. The number of pyridine rings is 1. The van der Waals surface area contributed by atoms with Gasteiger partial charge in [-0.1, -0.05) is 18.2 Å². The Hall–Kier alpha value is -2.99. The SMILES string of the molecule is CN(c1ccc(-c2ccccn2)cc1)c1nc(Cl)nc2[nH]cnc12. The Morgan fingerprint density at radius 1 is 1.00 bits per heavy atom. The van der Waals surface area contributed by atoms with Gasteiger partial charge in [0.1, 0.15) is 0 Å². The molecule has 6 nitrogen and oxygen atoms in total. The fraction of sp³-hybridized carbons (Fsp3) is 0.0588. The number of H-pyrrole nitrogens is 1. The van der Waals surface area contributed by atoms with Gasteiger partial charge < -0.3 is 9.88 Å². The summed E-state index contributed by atoms with van der Waals surface area (Å²) in [6, 6.07) is 13.9. The molecule has 0 aliphatic rings. The van der Waals surface area contributed by atoms with E-state index < -0.39 is 0 Å². The van der Waals surface area contributed by atoms with E-state index in [1.165, 1.54) is 0 Å². The van der Waals surface area contributed by atoms with E-state index in [0.29, 0.717) is 17.0 Å². The van der Waals surface area contributed by atoms with Crippen LogP contribution in [-0.2, 0) is 0 Å². The highest BCUT2D eigenvalue weighted by Crippen LogP contribution is 2.29. The zero-order valence-electron chi connectivity index (χ0n) is 12.8. The molecule has 0 radical (unpaired) electrons. The number of aromatic amines is 1. The molecule has 24 heavy (non-hydrogen) atoms.